The van der Waals surface area contributed by atoms with Crippen LogP contribution in [0, 0.1) is 0 Å². The Bertz CT molecular complexity index is 299. The molecule has 0 radical (unpaired) electrons. The zero-order valence-corrected chi connectivity index (χ0v) is 7.11. The first-order chi connectivity index (χ1) is 5.63. The molecule has 4 heteroatoms. The molecule has 1 N–H and O–H groups in total. The molecule has 0 aliphatic heterocycles. The Morgan fingerprint density at radius 2 is 1.85 bits per heavy atom. The first kappa shape index (κ1) is 12.5. The second-order valence-electron chi connectivity index (χ2n) is 2.72. The summed E-state index contributed by atoms with van der Waals surface area (Å²) in [5, 5.41) is 8.79. The van der Waals surface area contributed by atoms with Gasteiger partial charge < -0.3 is 10.0 Å². The Hall–Kier alpha value is -0.510. The summed E-state index contributed by atoms with van der Waals surface area (Å²) in [7, 11) is 3.64. The fourth-order valence-corrected chi connectivity index (χ4v) is 1.04. The molecule has 0 spiro atoms. The summed E-state index contributed by atoms with van der Waals surface area (Å²) in [6.45, 7) is 0. The molecule has 0 heterocycles. The van der Waals surface area contributed by atoms with Crippen LogP contribution in [0.25, 0.3) is 0 Å². The van der Waals surface area contributed by atoms with E-state index in [-0.39, 0.29) is 29.6 Å². The van der Waals surface area contributed by atoms with Gasteiger partial charge in [0.05, 0.1) is 11.3 Å². The third-order valence-corrected chi connectivity index (χ3v) is 1.62. The third kappa shape index (κ3) is 3.03. The number of para-hydroxylation sites is 1. The molecule has 0 fully saturated rings. The Morgan fingerprint density at radius 1 is 1.31 bits per heavy atom. The van der Waals surface area contributed by atoms with Crippen LogP contribution in [-0.4, -0.2) is 54.7 Å². The molecule has 0 saturated heterocycles. The zero-order valence-electron chi connectivity index (χ0n) is 7.11. The zero-order chi connectivity index (χ0) is 9.14. The molecule has 0 bridgehead atoms. The van der Waals surface area contributed by atoms with Crippen LogP contribution in [0.2, 0.25) is 0 Å². The number of carboxylic acids is 1. The second kappa shape index (κ2) is 5.27. The first-order valence-corrected chi connectivity index (χ1v) is 3.62. The van der Waals surface area contributed by atoms with E-state index in [4.69, 9.17) is 5.11 Å². The number of rotatable bonds is 2. The maximum atomic E-state index is 10.7. The Labute approximate surface area is 99.7 Å². The van der Waals surface area contributed by atoms with Crippen molar-refractivity contribution in [2.45, 2.75) is 0 Å². The van der Waals surface area contributed by atoms with Crippen molar-refractivity contribution in [2.75, 3.05) is 19.0 Å². The summed E-state index contributed by atoms with van der Waals surface area (Å²) >= 11 is 0. The molecule has 0 aromatic heterocycles. The van der Waals surface area contributed by atoms with Crippen molar-refractivity contribution in [3.8, 4) is 0 Å². The van der Waals surface area contributed by atoms with Gasteiger partial charge in [-0.25, -0.2) is 4.79 Å². The summed E-state index contributed by atoms with van der Waals surface area (Å²) in [4.78, 5) is 12.5. The van der Waals surface area contributed by atoms with Crippen molar-refractivity contribution in [1.82, 2.24) is 0 Å². The fourth-order valence-electron chi connectivity index (χ4n) is 1.04. The Balaban J connectivity index is 0.00000144. The molecular formula is C9H12NNaO2. The molecule has 1 aromatic carbocycles. The Kier molecular flexibility index (Phi) is 5.06. The molecule has 0 atom stereocenters. The molecule has 0 aliphatic carbocycles. The van der Waals surface area contributed by atoms with Crippen molar-refractivity contribution < 1.29 is 9.90 Å². The average molecular weight is 189 g/mol. The number of anilines is 1. The van der Waals surface area contributed by atoms with Crippen molar-refractivity contribution >= 4 is 41.2 Å². The van der Waals surface area contributed by atoms with Gasteiger partial charge in [-0.15, -0.1) is 0 Å². The van der Waals surface area contributed by atoms with Crippen molar-refractivity contribution in [1.29, 1.82) is 0 Å². The van der Waals surface area contributed by atoms with E-state index < -0.39 is 5.97 Å². The van der Waals surface area contributed by atoms with Gasteiger partial charge in [0.1, 0.15) is 0 Å². The van der Waals surface area contributed by atoms with E-state index in [9.17, 15) is 4.79 Å². The van der Waals surface area contributed by atoms with Crippen molar-refractivity contribution in [2.24, 2.45) is 0 Å². The number of hydrogen-bond donors (Lipinski definition) is 1. The molecule has 1 rings (SSSR count). The molecule has 1 aromatic rings. The number of carbonyl (C=O) groups is 1. The van der Waals surface area contributed by atoms with Crippen LogP contribution in [0.4, 0.5) is 5.69 Å². The quantitative estimate of drug-likeness (QED) is 0.699. The molecule has 0 saturated carbocycles. The van der Waals surface area contributed by atoms with E-state index in [2.05, 4.69) is 0 Å². The second-order valence-corrected chi connectivity index (χ2v) is 2.72. The van der Waals surface area contributed by atoms with Crippen LogP contribution in [0.1, 0.15) is 10.4 Å². The van der Waals surface area contributed by atoms with Crippen molar-refractivity contribution in [3.63, 3.8) is 0 Å². The van der Waals surface area contributed by atoms with Gasteiger partial charge in [0.2, 0.25) is 0 Å². The van der Waals surface area contributed by atoms with E-state index in [1.807, 2.05) is 20.2 Å². The number of nitrogens with zero attached hydrogens (tertiary/aromatic N) is 1. The number of hydrogen-bond acceptors (Lipinski definition) is 2. The summed E-state index contributed by atoms with van der Waals surface area (Å²) in [6.07, 6.45) is 0. The van der Waals surface area contributed by atoms with Crippen LogP contribution in [0.15, 0.2) is 24.3 Å². The Morgan fingerprint density at radius 3 is 2.23 bits per heavy atom. The molecule has 0 unspecified atom stereocenters. The summed E-state index contributed by atoms with van der Waals surface area (Å²) < 4.78 is 0. The average Bonchev–Trinajstić information content (AvgIpc) is 2.04. The first-order valence-electron chi connectivity index (χ1n) is 3.62. The van der Waals surface area contributed by atoms with Crippen LogP contribution < -0.4 is 4.90 Å². The van der Waals surface area contributed by atoms with Crippen LogP contribution in [-0.2, 0) is 0 Å². The standard InChI is InChI=1S/C9H11NO2.Na.H/c1-10(2)8-6-4-3-5-7(8)9(11)12;;/h3-6H,1-2H3,(H,11,12);;. The van der Waals surface area contributed by atoms with E-state index in [0.29, 0.717) is 5.56 Å². The van der Waals surface area contributed by atoms with Gasteiger partial charge in [-0.1, -0.05) is 12.1 Å². The molecule has 66 valence electrons. The normalized spacial score (nSPS) is 8.77. The van der Waals surface area contributed by atoms with E-state index >= 15 is 0 Å². The molecule has 0 amide bonds. The minimum atomic E-state index is -0.890. The van der Waals surface area contributed by atoms with Gasteiger partial charge in [0, 0.05) is 14.1 Å². The van der Waals surface area contributed by atoms with Gasteiger partial charge in [-0.3, -0.25) is 0 Å². The monoisotopic (exact) mass is 189 g/mol. The van der Waals surface area contributed by atoms with Gasteiger partial charge in [-0.2, -0.15) is 0 Å². The van der Waals surface area contributed by atoms with E-state index in [1.54, 1.807) is 23.1 Å². The van der Waals surface area contributed by atoms with Crippen molar-refractivity contribution in [3.05, 3.63) is 29.8 Å². The molecule has 3 nitrogen and oxygen atoms in total. The van der Waals surface area contributed by atoms with Gasteiger partial charge in [-0.05, 0) is 12.1 Å². The maximum absolute atomic E-state index is 10.7. The number of carboxylic acid groups (broad SMARTS) is 1. The minimum absolute atomic E-state index is 0. The number of aromatic carboxylic acids is 1. The molecule has 0 aliphatic rings. The fraction of sp³-hybridized carbons (Fsp3) is 0.222. The summed E-state index contributed by atoms with van der Waals surface area (Å²) in [5.41, 5.74) is 1.06. The van der Waals surface area contributed by atoms with E-state index in [0.717, 1.165) is 5.69 Å². The summed E-state index contributed by atoms with van der Waals surface area (Å²) in [6, 6.07) is 6.92. The molecule has 13 heavy (non-hydrogen) atoms. The van der Waals surface area contributed by atoms with Crippen LogP contribution in [0.5, 0.6) is 0 Å². The summed E-state index contributed by atoms with van der Waals surface area (Å²) in [5.74, 6) is -0.890. The van der Waals surface area contributed by atoms with Gasteiger partial charge >= 0.3 is 35.5 Å². The van der Waals surface area contributed by atoms with Gasteiger partial charge in [0.15, 0.2) is 0 Å². The predicted molar refractivity (Wildman–Crippen MR) is 54.9 cm³/mol. The van der Waals surface area contributed by atoms with Gasteiger partial charge in [0.25, 0.3) is 0 Å². The van der Waals surface area contributed by atoms with Crippen LogP contribution >= 0.6 is 0 Å². The third-order valence-electron chi connectivity index (χ3n) is 1.62. The SMILES string of the molecule is CN(C)c1ccccc1C(=O)O.[NaH]. The number of benzene rings is 1. The molecular weight excluding hydrogens is 177 g/mol. The predicted octanol–water partition coefficient (Wildman–Crippen LogP) is 0.802. The topological polar surface area (TPSA) is 40.5 Å². The van der Waals surface area contributed by atoms with Crippen LogP contribution in [0.3, 0.4) is 0 Å². The van der Waals surface area contributed by atoms with E-state index in [1.165, 1.54) is 0 Å².